The van der Waals surface area contributed by atoms with Gasteiger partial charge in [0.15, 0.2) is 11.5 Å². The molecule has 5 heteroatoms. The molecule has 0 saturated heterocycles. The molecule has 0 N–H and O–H groups in total. The van der Waals surface area contributed by atoms with E-state index in [4.69, 9.17) is 14.2 Å². The summed E-state index contributed by atoms with van der Waals surface area (Å²) in [7, 11) is 0. The molecule has 0 aromatic heterocycles. The molecule has 0 fully saturated rings. The summed E-state index contributed by atoms with van der Waals surface area (Å²) in [5, 5.41) is 0. The van der Waals surface area contributed by atoms with Crippen LogP contribution in [0.5, 0.6) is 11.5 Å². The average molecular weight is 286 g/mol. The zero-order valence-electron chi connectivity index (χ0n) is 11.5. The maximum atomic E-state index is 11.7. The Kier molecular flexibility index (Phi) is 3.48. The highest BCUT2D eigenvalue weighted by atomic mass is 16.7. The minimum atomic E-state index is -0.666. The second kappa shape index (κ2) is 5.44. The summed E-state index contributed by atoms with van der Waals surface area (Å²) in [6.07, 6.45) is 5.52. The van der Waals surface area contributed by atoms with E-state index in [-0.39, 0.29) is 13.2 Å². The van der Waals surface area contributed by atoms with Crippen LogP contribution in [0.25, 0.3) is 12.2 Å². The van der Waals surface area contributed by atoms with Crippen molar-refractivity contribution in [1.29, 1.82) is 0 Å². The van der Waals surface area contributed by atoms with Crippen LogP contribution >= 0.6 is 0 Å². The van der Waals surface area contributed by atoms with Crippen molar-refractivity contribution in [2.24, 2.45) is 0 Å². The van der Waals surface area contributed by atoms with Gasteiger partial charge < -0.3 is 14.2 Å². The Bertz CT molecular complexity index is 669. The van der Waals surface area contributed by atoms with Crippen molar-refractivity contribution in [3.63, 3.8) is 0 Å². The van der Waals surface area contributed by atoms with Crippen LogP contribution < -0.4 is 9.47 Å². The normalized spacial score (nSPS) is 21.1. The Morgan fingerprint density at radius 2 is 2.00 bits per heavy atom. The molecule has 0 bridgehead atoms. The van der Waals surface area contributed by atoms with Crippen molar-refractivity contribution in [3.05, 3.63) is 34.9 Å². The van der Waals surface area contributed by atoms with E-state index in [1.807, 2.05) is 19.1 Å². The molecule has 2 heterocycles. The average Bonchev–Trinajstić information content (AvgIpc) is 2.93. The van der Waals surface area contributed by atoms with Gasteiger partial charge in [0.05, 0.1) is 6.42 Å². The van der Waals surface area contributed by atoms with Crippen LogP contribution in [0.15, 0.2) is 23.8 Å². The number of carbonyl (C=O) groups is 2. The van der Waals surface area contributed by atoms with Gasteiger partial charge in [0.25, 0.3) is 0 Å². The van der Waals surface area contributed by atoms with Crippen molar-refractivity contribution in [3.8, 4) is 11.5 Å². The minimum absolute atomic E-state index is 0.0834. The molecule has 5 nitrogen and oxygen atoms in total. The smallest absolute Gasteiger partial charge is 0.338 e. The van der Waals surface area contributed by atoms with Gasteiger partial charge in [0.1, 0.15) is 0 Å². The standard InChI is InChI=1S/C16H14O5/c1-2-10-7-12-11(3-5-13-16(12)20-9-19-13)4-6-14(17)21-15(18)8-10/h3-7H,2,8-9H2,1H3/b6-4+,10-7-. The van der Waals surface area contributed by atoms with E-state index in [1.54, 1.807) is 12.1 Å². The summed E-state index contributed by atoms with van der Waals surface area (Å²) in [5.74, 6) is 0.0937. The van der Waals surface area contributed by atoms with Crippen molar-refractivity contribution in [1.82, 2.24) is 0 Å². The first kappa shape index (κ1) is 13.4. The van der Waals surface area contributed by atoms with Gasteiger partial charge >= 0.3 is 11.9 Å². The van der Waals surface area contributed by atoms with E-state index in [2.05, 4.69) is 0 Å². The summed E-state index contributed by atoms with van der Waals surface area (Å²) in [4.78, 5) is 23.2. The molecule has 21 heavy (non-hydrogen) atoms. The van der Waals surface area contributed by atoms with E-state index in [9.17, 15) is 9.59 Å². The highest BCUT2D eigenvalue weighted by molar-refractivity contribution is 5.97. The van der Waals surface area contributed by atoms with Gasteiger partial charge in [-0.3, -0.25) is 4.79 Å². The van der Waals surface area contributed by atoms with Crippen LogP contribution in [-0.4, -0.2) is 18.7 Å². The summed E-state index contributed by atoms with van der Waals surface area (Å²) in [6, 6.07) is 3.65. The fraction of sp³-hybridized carbons (Fsp3) is 0.250. The number of cyclic esters (lactones) is 2. The fourth-order valence-electron chi connectivity index (χ4n) is 2.31. The lowest BCUT2D eigenvalue weighted by molar-refractivity contribution is -0.155. The predicted octanol–water partition coefficient (Wildman–Crippen LogP) is 2.70. The third-order valence-electron chi connectivity index (χ3n) is 3.40. The number of rotatable bonds is 1. The molecule has 0 atom stereocenters. The van der Waals surface area contributed by atoms with Crippen LogP contribution in [0.1, 0.15) is 30.9 Å². The second-order valence-corrected chi connectivity index (χ2v) is 4.76. The topological polar surface area (TPSA) is 61.8 Å². The molecule has 108 valence electrons. The molecule has 0 amide bonds. The summed E-state index contributed by atoms with van der Waals surface area (Å²) in [5.41, 5.74) is 2.50. The van der Waals surface area contributed by atoms with Gasteiger partial charge in [-0.25, -0.2) is 4.79 Å². The van der Waals surface area contributed by atoms with Gasteiger partial charge in [0, 0.05) is 11.6 Å². The number of hydrogen-bond donors (Lipinski definition) is 0. The van der Waals surface area contributed by atoms with Gasteiger partial charge in [-0.2, -0.15) is 0 Å². The monoisotopic (exact) mass is 286 g/mol. The minimum Gasteiger partial charge on any atom is -0.454 e. The molecule has 1 aromatic rings. The Morgan fingerprint density at radius 3 is 2.81 bits per heavy atom. The summed E-state index contributed by atoms with van der Waals surface area (Å²) in [6.45, 7) is 2.12. The summed E-state index contributed by atoms with van der Waals surface area (Å²) >= 11 is 0. The molecular weight excluding hydrogens is 272 g/mol. The molecule has 0 spiro atoms. The molecule has 2 aliphatic rings. The molecule has 0 unspecified atom stereocenters. The number of carbonyl (C=O) groups excluding carboxylic acids is 2. The second-order valence-electron chi connectivity index (χ2n) is 4.76. The molecule has 2 aliphatic heterocycles. The van der Waals surface area contributed by atoms with Crippen LogP contribution in [-0.2, 0) is 14.3 Å². The van der Waals surface area contributed by atoms with Crippen molar-refractivity contribution < 1.29 is 23.8 Å². The number of hydrogen-bond acceptors (Lipinski definition) is 5. The Morgan fingerprint density at radius 1 is 1.14 bits per heavy atom. The number of benzene rings is 1. The van der Waals surface area contributed by atoms with Gasteiger partial charge in [-0.15, -0.1) is 0 Å². The van der Waals surface area contributed by atoms with E-state index in [0.717, 1.165) is 16.7 Å². The quantitative estimate of drug-likeness (QED) is 0.586. The number of fused-ring (bicyclic) bond motifs is 3. The molecule has 0 radical (unpaired) electrons. The lowest BCUT2D eigenvalue weighted by Gasteiger charge is -2.11. The highest BCUT2D eigenvalue weighted by Crippen LogP contribution is 2.39. The van der Waals surface area contributed by atoms with Crippen molar-refractivity contribution in [2.45, 2.75) is 19.8 Å². The number of esters is 2. The first-order chi connectivity index (χ1) is 10.2. The molecule has 3 rings (SSSR count). The molecule has 1 aromatic carbocycles. The van der Waals surface area contributed by atoms with Crippen LogP contribution in [0, 0.1) is 0 Å². The third kappa shape index (κ3) is 2.67. The fourth-order valence-corrected chi connectivity index (χ4v) is 2.31. The molecule has 0 aliphatic carbocycles. The Balaban J connectivity index is 2.17. The van der Waals surface area contributed by atoms with Gasteiger partial charge in [0.2, 0.25) is 6.79 Å². The Hall–Kier alpha value is -2.56. The zero-order valence-corrected chi connectivity index (χ0v) is 11.5. The Labute approximate surface area is 121 Å². The third-order valence-corrected chi connectivity index (χ3v) is 3.40. The molecule has 0 saturated carbocycles. The van der Waals surface area contributed by atoms with Gasteiger partial charge in [-0.05, 0) is 24.1 Å². The van der Waals surface area contributed by atoms with Crippen molar-refractivity contribution in [2.75, 3.05) is 6.79 Å². The molecular formula is C16H14O5. The first-order valence-corrected chi connectivity index (χ1v) is 6.72. The maximum Gasteiger partial charge on any atom is 0.338 e. The number of ether oxygens (including phenoxy) is 3. The first-order valence-electron chi connectivity index (χ1n) is 6.72. The lowest BCUT2D eigenvalue weighted by atomic mass is 9.99. The maximum absolute atomic E-state index is 11.7. The van der Waals surface area contributed by atoms with E-state index < -0.39 is 11.9 Å². The predicted molar refractivity (Wildman–Crippen MR) is 75.6 cm³/mol. The zero-order chi connectivity index (χ0) is 14.8. The van der Waals surface area contributed by atoms with Crippen LogP contribution in [0.4, 0.5) is 0 Å². The lowest BCUT2D eigenvalue weighted by Crippen LogP contribution is -2.11. The summed E-state index contributed by atoms with van der Waals surface area (Å²) < 4.78 is 15.6. The van der Waals surface area contributed by atoms with E-state index >= 15 is 0 Å². The largest absolute Gasteiger partial charge is 0.454 e. The SMILES string of the molecule is CC/C1=C/c2c(ccc3c2OCO3)/C=C/C(=O)OC(=O)C1. The van der Waals surface area contributed by atoms with Gasteiger partial charge in [-0.1, -0.05) is 24.6 Å². The van der Waals surface area contributed by atoms with E-state index in [0.29, 0.717) is 17.9 Å². The van der Waals surface area contributed by atoms with Crippen LogP contribution in [0.3, 0.4) is 0 Å². The van der Waals surface area contributed by atoms with Crippen molar-refractivity contribution >= 4 is 24.1 Å². The van der Waals surface area contributed by atoms with Crippen LogP contribution in [0.2, 0.25) is 0 Å². The van der Waals surface area contributed by atoms with E-state index in [1.165, 1.54) is 6.08 Å². The highest BCUT2D eigenvalue weighted by Gasteiger charge is 2.21.